The second kappa shape index (κ2) is 2.19. The fourth-order valence-corrected chi connectivity index (χ4v) is 2.49. The van der Waals surface area contributed by atoms with E-state index >= 15 is 0 Å². The molecule has 0 radical (unpaired) electrons. The van der Waals surface area contributed by atoms with E-state index in [2.05, 4.69) is 13.8 Å². The van der Waals surface area contributed by atoms with Gasteiger partial charge in [-0.3, -0.25) is 4.79 Å². The molecular weight excluding hydrogens is 152 g/mol. The molecule has 66 valence electrons. The van der Waals surface area contributed by atoms with E-state index in [9.17, 15) is 4.79 Å². The van der Waals surface area contributed by atoms with Gasteiger partial charge in [-0.15, -0.1) is 0 Å². The zero-order valence-corrected chi connectivity index (χ0v) is 7.50. The monoisotopic (exact) mass is 166 g/mol. The van der Waals surface area contributed by atoms with Crippen molar-refractivity contribution in [1.82, 2.24) is 0 Å². The summed E-state index contributed by atoms with van der Waals surface area (Å²) in [6.07, 6.45) is 2.62. The minimum atomic E-state index is -0.0991. The highest BCUT2D eigenvalue weighted by molar-refractivity contribution is 6.02. The highest BCUT2D eigenvalue weighted by Crippen LogP contribution is 2.65. The predicted molar refractivity (Wildman–Crippen MR) is 45.6 cm³/mol. The fourth-order valence-electron chi connectivity index (χ4n) is 2.49. The van der Waals surface area contributed by atoms with Crippen molar-refractivity contribution in [2.75, 3.05) is 6.61 Å². The normalized spacial score (nSPS) is 38.5. The number of fused-ring (bicyclic) bond motifs is 1. The van der Waals surface area contributed by atoms with Crippen LogP contribution in [0.25, 0.3) is 0 Å². The zero-order chi connectivity index (χ0) is 8.93. The quantitative estimate of drug-likeness (QED) is 0.668. The third-order valence-electron chi connectivity index (χ3n) is 3.44. The van der Waals surface area contributed by atoms with Crippen LogP contribution in [0.15, 0.2) is 11.6 Å². The number of carbonyl (C=O) groups excluding carboxylic acids is 1. The Morgan fingerprint density at radius 1 is 1.75 bits per heavy atom. The van der Waals surface area contributed by atoms with Crippen molar-refractivity contribution in [3.05, 3.63) is 11.6 Å². The number of rotatable bonds is 2. The Morgan fingerprint density at radius 2 is 2.42 bits per heavy atom. The summed E-state index contributed by atoms with van der Waals surface area (Å²) in [6.45, 7) is 4.24. The van der Waals surface area contributed by atoms with Gasteiger partial charge in [0.2, 0.25) is 0 Å². The van der Waals surface area contributed by atoms with Crippen molar-refractivity contribution in [2.24, 2.45) is 17.3 Å². The summed E-state index contributed by atoms with van der Waals surface area (Å²) in [4.78, 5) is 11.6. The van der Waals surface area contributed by atoms with Crippen LogP contribution >= 0.6 is 0 Å². The Balaban J connectivity index is 2.27. The van der Waals surface area contributed by atoms with Crippen LogP contribution in [0.2, 0.25) is 0 Å². The number of hydrogen-bond acceptors (Lipinski definition) is 2. The number of aliphatic hydroxyl groups is 1. The molecule has 2 aliphatic carbocycles. The molecule has 0 aromatic carbocycles. The van der Waals surface area contributed by atoms with Crippen LogP contribution in [-0.2, 0) is 4.79 Å². The molecule has 2 heteroatoms. The van der Waals surface area contributed by atoms with E-state index in [0.29, 0.717) is 11.8 Å². The summed E-state index contributed by atoms with van der Waals surface area (Å²) < 4.78 is 0. The van der Waals surface area contributed by atoms with E-state index < -0.39 is 0 Å². The first kappa shape index (κ1) is 7.99. The molecule has 1 N–H and O–H groups in total. The molecule has 2 unspecified atom stereocenters. The van der Waals surface area contributed by atoms with E-state index in [0.717, 1.165) is 12.0 Å². The molecule has 1 fully saturated rings. The van der Waals surface area contributed by atoms with Crippen LogP contribution in [0.5, 0.6) is 0 Å². The maximum Gasteiger partial charge on any atom is 0.162 e. The number of aliphatic hydroxyl groups excluding tert-OH is 1. The van der Waals surface area contributed by atoms with Gasteiger partial charge < -0.3 is 5.11 Å². The fraction of sp³-hybridized carbons (Fsp3) is 0.700. The summed E-state index contributed by atoms with van der Waals surface area (Å²) >= 11 is 0. The molecule has 2 nitrogen and oxygen atoms in total. The lowest BCUT2D eigenvalue weighted by Crippen LogP contribution is -2.18. The predicted octanol–water partition coefficient (Wildman–Crippen LogP) is 1.15. The Morgan fingerprint density at radius 3 is 2.67 bits per heavy atom. The van der Waals surface area contributed by atoms with E-state index in [1.165, 1.54) is 0 Å². The highest BCUT2D eigenvalue weighted by atomic mass is 16.3. The Hall–Kier alpha value is -0.630. The summed E-state index contributed by atoms with van der Waals surface area (Å²) in [5, 5.41) is 8.96. The van der Waals surface area contributed by atoms with Crippen LogP contribution in [0.3, 0.4) is 0 Å². The summed E-state index contributed by atoms with van der Waals surface area (Å²) in [6, 6.07) is 0. The van der Waals surface area contributed by atoms with Crippen LogP contribution in [0.4, 0.5) is 0 Å². The molecule has 1 saturated carbocycles. The Bertz CT molecular complexity index is 265. The van der Waals surface area contributed by atoms with Gasteiger partial charge in [0.15, 0.2) is 5.78 Å². The summed E-state index contributed by atoms with van der Waals surface area (Å²) in [5.74, 6) is 1.02. The largest absolute Gasteiger partial charge is 0.392 e. The molecule has 0 heterocycles. The second-order valence-electron chi connectivity index (χ2n) is 4.19. The minimum absolute atomic E-state index is 0.0604. The molecule has 0 aliphatic heterocycles. The van der Waals surface area contributed by atoms with Gasteiger partial charge in [0.25, 0.3) is 0 Å². The average molecular weight is 166 g/mol. The van der Waals surface area contributed by atoms with E-state index in [1.807, 2.05) is 0 Å². The van der Waals surface area contributed by atoms with Crippen LogP contribution in [0.1, 0.15) is 20.3 Å². The topological polar surface area (TPSA) is 37.3 Å². The minimum Gasteiger partial charge on any atom is -0.392 e. The molecule has 2 rings (SSSR count). The lowest BCUT2D eigenvalue weighted by atomic mass is 9.88. The number of carbonyl (C=O) groups is 1. The van der Waals surface area contributed by atoms with Gasteiger partial charge in [-0.25, -0.2) is 0 Å². The zero-order valence-electron chi connectivity index (χ0n) is 7.50. The van der Waals surface area contributed by atoms with E-state index in [1.54, 1.807) is 6.08 Å². The smallest absolute Gasteiger partial charge is 0.162 e. The summed E-state index contributed by atoms with van der Waals surface area (Å²) in [5.41, 5.74) is 0.853. The maximum absolute atomic E-state index is 11.6. The summed E-state index contributed by atoms with van der Waals surface area (Å²) in [7, 11) is 0. The van der Waals surface area contributed by atoms with E-state index in [-0.39, 0.29) is 17.8 Å². The Labute approximate surface area is 72.3 Å². The molecular formula is C10H14O2. The lowest BCUT2D eigenvalue weighted by molar-refractivity contribution is -0.120. The third kappa shape index (κ3) is 0.712. The van der Waals surface area contributed by atoms with Crippen molar-refractivity contribution in [3.63, 3.8) is 0 Å². The molecule has 0 bridgehead atoms. The van der Waals surface area contributed by atoms with E-state index in [4.69, 9.17) is 5.11 Å². The molecule has 12 heavy (non-hydrogen) atoms. The van der Waals surface area contributed by atoms with Gasteiger partial charge in [-0.2, -0.15) is 0 Å². The molecule has 0 spiro atoms. The third-order valence-corrected chi connectivity index (χ3v) is 3.44. The molecule has 0 amide bonds. The molecule has 0 aromatic heterocycles. The lowest BCUT2D eigenvalue weighted by Gasteiger charge is -2.14. The molecule has 0 aromatic rings. The molecule has 2 aliphatic rings. The van der Waals surface area contributed by atoms with Gasteiger partial charge in [-0.05, 0) is 29.9 Å². The first-order valence-electron chi connectivity index (χ1n) is 4.48. The maximum atomic E-state index is 11.6. The van der Waals surface area contributed by atoms with Crippen LogP contribution in [-0.4, -0.2) is 17.5 Å². The SMILES string of the molecule is CC(C)C12CC1C(CO)=CC2=O. The average Bonchev–Trinajstić information content (AvgIpc) is 2.70. The highest BCUT2D eigenvalue weighted by Gasteiger charge is 2.64. The number of ketones is 1. The first-order valence-corrected chi connectivity index (χ1v) is 4.48. The second-order valence-corrected chi connectivity index (χ2v) is 4.19. The van der Waals surface area contributed by atoms with Crippen LogP contribution in [0, 0.1) is 17.3 Å². The van der Waals surface area contributed by atoms with Crippen molar-refractivity contribution in [3.8, 4) is 0 Å². The first-order chi connectivity index (χ1) is 5.63. The Kier molecular flexibility index (Phi) is 1.46. The van der Waals surface area contributed by atoms with Crippen molar-refractivity contribution in [1.29, 1.82) is 0 Å². The van der Waals surface area contributed by atoms with Crippen molar-refractivity contribution < 1.29 is 9.90 Å². The standard InChI is InChI=1S/C10H14O2/c1-6(2)10-4-8(10)7(5-11)3-9(10)12/h3,6,8,11H,4-5H2,1-2H3. The van der Waals surface area contributed by atoms with Gasteiger partial charge in [-0.1, -0.05) is 13.8 Å². The van der Waals surface area contributed by atoms with Crippen LogP contribution < -0.4 is 0 Å². The van der Waals surface area contributed by atoms with Gasteiger partial charge >= 0.3 is 0 Å². The number of hydrogen-bond donors (Lipinski definition) is 1. The van der Waals surface area contributed by atoms with Gasteiger partial charge in [0, 0.05) is 5.41 Å². The van der Waals surface area contributed by atoms with Gasteiger partial charge in [0.1, 0.15) is 0 Å². The molecule has 2 atom stereocenters. The molecule has 0 saturated heterocycles. The van der Waals surface area contributed by atoms with Gasteiger partial charge in [0.05, 0.1) is 6.61 Å². The number of allylic oxidation sites excluding steroid dienone is 1. The van der Waals surface area contributed by atoms with Crippen molar-refractivity contribution >= 4 is 5.78 Å². The van der Waals surface area contributed by atoms with Crippen molar-refractivity contribution in [2.45, 2.75) is 20.3 Å².